The van der Waals surface area contributed by atoms with Crippen molar-refractivity contribution in [2.75, 3.05) is 20.7 Å². The molecule has 0 saturated carbocycles. The maximum Gasteiger partial charge on any atom is 0.211 e. The molecule has 2 bridgehead atoms. The zero-order chi connectivity index (χ0) is 20.3. The molecule has 22 heavy (non-hydrogen) atoms. The molecule has 1 aromatic carbocycles. The van der Waals surface area contributed by atoms with Gasteiger partial charge in [0, 0.05) is 25.6 Å². The third-order valence-corrected chi connectivity index (χ3v) is 5.51. The molecule has 1 aromatic rings. The SMILES string of the molecule is [2H]OC1([2H])C=C[C@]2([2H])[C@@]34CCN(C)[C@]2([2H])Cc2c([2H])c([2H])c(OC)c(c23)OC14. The summed E-state index contributed by atoms with van der Waals surface area (Å²) in [6, 6.07) is -1.58. The van der Waals surface area contributed by atoms with Crippen LogP contribution in [0.5, 0.6) is 11.5 Å². The Bertz CT molecular complexity index is 943. The van der Waals surface area contributed by atoms with Crippen molar-refractivity contribution in [2.45, 2.75) is 36.5 Å². The maximum absolute atomic E-state index is 9.46. The number of nitrogens with zero attached hydrogens (tertiary/aromatic N) is 1. The number of aliphatic hydroxyl groups is 1. The van der Waals surface area contributed by atoms with Crippen molar-refractivity contribution < 1.29 is 21.4 Å². The minimum atomic E-state index is -1.87. The topological polar surface area (TPSA) is 41.9 Å². The first kappa shape index (κ1) is 8.37. The lowest BCUT2D eigenvalue weighted by Crippen LogP contribution is -2.64. The van der Waals surface area contributed by atoms with Gasteiger partial charge in [0.05, 0.1) is 11.2 Å². The normalized spacial score (nSPS) is 54.9. The highest BCUT2D eigenvalue weighted by Gasteiger charge is 2.64. The van der Waals surface area contributed by atoms with E-state index in [1.165, 1.54) is 19.3 Å². The van der Waals surface area contributed by atoms with Crippen molar-refractivity contribution in [3.63, 3.8) is 0 Å². The van der Waals surface area contributed by atoms with Crippen LogP contribution in [0.15, 0.2) is 24.2 Å². The van der Waals surface area contributed by atoms with Gasteiger partial charge >= 0.3 is 0 Å². The zero-order valence-electron chi connectivity index (χ0n) is 18.5. The Morgan fingerprint density at radius 2 is 2.45 bits per heavy atom. The van der Waals surface area contributed by atoms with Crippen LogP contribution in [-0.2, 0) is 11.8 Å². The van der Waals surface area contributed by atoms with Gasteiger partial charge in [-0.2, -0.15) is 0 Å². The summed E-state index contributed by atoms with van der Waals surface area (Å²) in [6.07, 6.45) is 0.434. The van der Waals surface area contributed by atoms with E-state index in [2.05, 4.69) is 0 Å². The predicted octanol–water partition coefficient (Wildman–Crippen LogP) is 1.50. The summed E-state index contributed by atoms with van der Waals surface area (Å²) in [5.74, 6) is -1.12. The number of hydrogen-bond acceptors (Lipinski definition) is 4. The summed E-state index contributed by atoms with van der Waals surface area (Å²) in [5, 5.41) is 4.77. The molecule has 5 rings (SSSR count). The molecule has 0 aromatic heterocycles. The molecule has 2 unspecified atom stereocenters. The molecule has 4 nitrogen and oxygen atoms in total. The molecule has 2 heterocycles. The lowest BCUT2D eigenvalue weighted by atomic mass is 9.53. The number of piperidine rings is 1. The molecule has 1 spiro atoms. The molecule has 116 valence electrons. The average molecular weight is 305 g/mol. The third kappa shape index (κ3) is 1.28. The maximum atomic E-state index is 9.46. The van der Waals surface area contributed by atoms with Crippen LogP contribution in [0.4, 0.5) is 0 Å². The van der Waals surface area contributed by atoms with Gasteiger partial charge in [-0.05, 0) is 38.0 Å². The van der Waals surface area contributed by atoms with Gasteiger partial charge in [0.1, 0.15) is 12.2 Å². The zero-order valence-corrected chi connectivity index (χ0v) is 12.5. The molecule has 2 aliphatic carbocycles. The summed E-state index contributed by atoms with van der Waals surface area (Å²) >= 11 is 0. The molecule has 0 radical (unpaired) electrons. The molecule has 2 aliphatic heterocycles. The highest BCUT2D eigenvalue weighted by Crippen LogP contribution is 2.62. The molecular formula is C18H21NO3. The van der Waals surface area contributed by atoms with Gasteiger partial charge in [0.15, 0.2) is 11.5 Å². The standard InChI is InChI=1S/C18H21NO3/c1-19-8-7-18-11-4-5-13(20)17(18)22-16-14(21-2)6-3-10(15(16)18)9-12(11)19/h3-6,11-13,17,20H,7-9H2,1-2H3/t11-,12+,13?,17?,18-/m0/s1/i3D,6D,11D,12D,13D,20D. The monoisotopic (exact) mass is 305 g/mol. The highest BCUT2D eigenvalue weighted by atomic mass is 16.5. The van der Waals surface area contributed by atoms with E-state index in [0.717, 1.165) is 0 Å². The van der Waals surface area contributed by atoms with E-state index in [-0.39, 0.29) is 30.0 Å². The second-order valence-corrected chi connectivity index (χ2v) is 6.38. The van der Waals surface area contributed by atoms with Crippen molar-refractivity contribution in [2.24, 2.45) is 5.89 Å². The largest absolute Gasteiger partial charge is 0.493 e. The first-order valence-electron chi connectivity index (χ1n) is 10.5. The number of likely N-dealkylation sites (tertiary alicyclic amines) is 1. The van der Waals surface area contributed by atoms with Crippen LogP contribution in [0.25, 0.3) is 0 Å². The van der Waals surface area contributed by atoms with Crippen molar-refractivity contribution in [3.05, 3.63) is 35.4 Å². The van der Waals surface area contributed by atoms with E-state index < -0.39 is 29.5 Å². The second-order valence-electron chi connectivity index (χ2n) is 6.38. The summed E-state index contributed by atoms with van der Waals surface area (Å²) in [6.45, 7) is 0.503. The summed E-state index contributed by atoms with van der Waals surface area (Å²) in [4.78, 5) is 1.80. The molecule has 4 heteroatoms. The minimum absolute atomic E-state index is 0.0369. The molecule has 4 aliphatic rings. The van der Waals surface area contributed by atoms with Gasteiger partial charge in [0.25, 0.3) is 0 Å². The first-order valence-corrected chi connectivity index (χ1v) is 7.54. The molecule has 1 N–H and O–H groups in total. The van der Waals surface area contributed by atoms with Crippen LogP contribution in [-0.4, -0.2) is 50.3 Å². The Hall–Kier alpha value is -1.52. The number of benzene rings is 1. The fourth-order valence-electron chi connectivity index (χ4n) is 4.52. The second kappa shape index (κ2) is 4.06. The lowest BCUT2D eigenvalue weighted by Gasteiger charge is -2.56. The van der Waals surface area contributed by atoms with E-state index >= 15 is 0 Å². The van der Waals surface area contributed by atoms with Crippen LogP contribution < -0.4 is 9.47 Å². The summed E-state index contributed by atoms with van der Waals surface area (Å²) in [5.41, 5.74) is -0.0619. The summed E-state index contributed by atoms with van der Waals surface area (Å²) in [7, 11) is 3.19. The van der Waals surface area contributed by atoms with Gasteiger partial charge in [0.2, 0.25) is 1.43 Å². The minimum Gasteiger partial charge on any atom is -0.493 e. The van der Waals surface area contributed by atoms with Crippen molar-refractivity contribution >= 4 is 0 Å². The Labute approximate surface area is 138 Å². The Morgan fingerprint density at radius 3 is 3.27 bits per heavy atom. The van der Waals surface area contributed by atoms with E-state index in [4.69, 9.17) is 20.1 Å². The Balaban J connectivity index is 1.95. The van der Waals surface area contributed by atoms with E-state index in [9.17, 15) is 2.74 Å². The van der Waals surface area contributed by atoms with Crippen LogP contribution in [0.1, 0.15) is 24.4 Å². The average Bonchev–Trinajstić information content (AvgIpc) is 3.02. The number of likely N-dealkylation sites (N-methyl/N-ethyl adjacent to an activating group) is 1. The van der Waals surface area contributed by atoms with Crippen molar-refractivity contribution in [1.82, 2.24) is 4.90 Å². The van der Waals surface area contributed by atoms with Crippen LogP contribution in [0.3, 0.4) is 0 Å². The van der Waals surface area contributed by atoms with Crippen LogP contribution >= 0.6 is 0 Å². The quantitative estimate of drug-likeness (QED) is 0.841. The van der Waals surface area contributed by atoms with Gasteiger partial charge in [-0.1, -0.05) is 18.2 Å². The van der Waals surface area contributed by atoms with Crippen molar-refractivity contribution in [1.29, 1.82) is 1.43 Å². The van der Waals surface area contributed by atoms with Crippen LogP contribution in [0, 0.1) is 5.89 Å². The van der Waals surface area contributed by atoms with E-state index in [1.54, 1.807) is 11.9 Å². The molecule has 1 saturated heterocycles. The predicted molar refractivity (Wildman–Crippen MR) is 82.5 cm³/mol. The highest BCUT2D eigenvalue weighted by molar-refractivity contribution is 5.62. The Kier molecular flexibility index (Phi) is 1.54. The van der Waals surface area contributed by atoms with E-state index in [1.807, 2.05) is 0 Å². The van der Waals surface area contributed by atoms with Crippen molar-refractivity contribution in [3.8, 4) is 11.5 Å². The molecule has 1 fully saturated rings. The van der Waals surface area contributed by atoms with Gasteiger partial charge in [-0.15, -0.1) is 0 Å². The van der Waals surface area contributed by atoms with E-state index in [0.29, 0.717) is 24.1 Å². The summed E-state index contributed by atoms with van der Waals surface area (Å²) < 4.78 is 63.4. The number of hydrogen-bond donors (Lipinski definition) is 1. The lowest BCUT2D eigenvalue weighted by molar-refractivity contribution is -0.0453. The number of ether oxygens (including phenoxy) is 2. The Morgan fingerprint density at radius 1 is 1.55 bits per heavy atom. The fourth-order valence-corrected chi connectivity index (χ4v) is 4.52. The number of rotatable bonds is 2. The smallest absolute Gasteiger partial charge is 0.211 e. The number of methoxy groups -OCH3 is 1. The van der Waals surface area contributed by atoms with Gasteiger partial charge in [-0.3, -0.25) is 0 Å². The fraction of sp³-hybridized carbons (Fsp3) is 0.556. The molecule has 5 atom stereocenters. The van der Waals surface area contributed by atoms with Gasteiger partial charge in [-0.25, -0.2) is 0 Å². The third-order valence-electron chi connectivity index (χ3n) is 5.51. The first-order chi connectivity index (χ1) is 13.1. The van der Waals surface area contributed by atoms with Crippen LogP contribution in [0.2, 0.25) is 0 Å². The molecular weight excluding hydrogens is 278 g/mol. The molecule has 0 amide bonds. The van der Waals surface area contributed by atoms with Gasteiger partial charge < -0.3 is 19.5 Å².